The Labute approximate surface area is 133 Å². The molecule has 0 radical (unpaired) electrons. The first-order valence-corrected chi connectivity index (χ1v) is 8.59. The summed E-state index contributed by atoms with van der Waals surface area (Å²) in [6.07, 6.45) is 3.00. The second-order valence-electron chi connectivity index (χ2n) is 5.50. The van der Waals surface area contributed by atoms with Crippen LogP contribution in [0.2, 0.25) is 0 Å². The van der Waals surface area contributed by atoms with Gasteiger partial charge in [0.1, 0.15) is 0 Å². The molecule has 0 unspecified atom stereocenters. The highest BCUT2D eigenvalue weighted by atomic mass is 32.2. The van der Waals surface area contributed by atoms with Gasteiger partial charge in [0.2, 0.25) is 5.91 Å². The number of para-hydroxylation sites is 1. The minimum absolute atomic E-state index is 0.0120. The molecular weight excluding hydrogens is 298 g/mol. The number of amides is 1. The maximum atomic E-state index is 12.6. The van der Waals surface area contributed by atoms with Crippen LogP contribution in [0.25, 0.3) is 10.9 Å². The lowest BCUT2D eigenvalue weighted by Crippen LogP contribution is -2.28. The number of fused-ring (bicyclic) bond motifs is 1. The molecular formula is C16H19N3O2S. The zero-order valence-electron chi connectivity index (χ0n) is 12.5. The lowest BCUT2D eigenvalue weighted by Gasteiger charge is -2.12. The molecule has 116 valence electrons. The van der Waals surface area contributed by atoms with E-state index in [9.17, 15) is 9.59 Å². The van der Waals surface area contributed by atoms with Crippen molar-refractivity contribution < 1.29 is 4.79 Å². The van der Waals surface area contributed by atoms with E-state index in [1.165, 1.54) is 11.8 Å². The molecule has 0 aliphatic heterocycles. The van der Waals surface area contributed by atoms with Crippen molar-refractivity contribution in [1.29, 1.82) is 0 Å². The predicted octanol–water partition coefficient (Wildman–Crippen LogP) is 2.18. The lowest BCUT2D eigenvalue weighted by molar-refractivity contribution is -0.118. The maximum Gasteiger partial charge on any atom is 0.262 e. The Morgan fingerprint density at radius 2 is 2.18 bits per heavy atom. The van der Waals surface area contributed by atoms with Crippen LogP contribution in [0, 0.1) is 0 Å². The minimum Gasteiger partial charge on any atom is -0.353 e. The molecule has 0 saturated heterocycles. The van der Waals surface area contributed by atoms with Gasteiger partial charge in [0.05, 0.1) is 16.7 Å². The van der Waals surface area contributed by atoms with Gasteiger partial charge in [0, 0.05) is 12.6 Å². The topological polar surface area (TPSA) is 64.0 Å². The third-order valence-corrected chi connectivity index (χ3v) is 4.53. The first-order chi connectivity index (χ1) is 10.7. The van der Waals surface area contributed by atoms with E-state index in [2.05, 4.69) is 10.3 Å². The van der Waals surface area contributed by atoms with Crippen molar-refractivity contribution in [2.24, 2.45) is 0 Å². The molecule has 3 rings (SSSR count). The van der Waals surface area contributed by atoms with Crippen LogP contribution < -0.4 is 10.9 Å². The van der Waals surface area contributed by atoms with Crippen molar-refractivity contribution in [3.63, 3.8) is 0 Å². The van der Waals surface area contributed by atoms with E-state index >= 15 is 0 Å². The van der Waals surface area contributed by atoms with Crippen LogP contribution in [-0.4, -0.2) is 27.3 Å². The molecule has 22 heavy (non-hydrogen) atoms. The van der Waals surface area contributed by atoms with Gasteiger partial charge in [-0.15, -0.1) is 0 Å². The Morgan fingerprint density at radius 1 is 1.41 bits per heavy atom. The number of thioether (sulfide) groups is 1. The van der Waals surface area contributed by atoms with Crippen LogP contribution in [0.5, 0.6) is 0 Å². The highest BCUT2D eigenvalue weighted by Crippen LogP contribution is 2.21. The summed E-state index contributed by atoms with van der Waals surface area (Å²) < 4.78 is 1.68. The van der Waals surface area contributed by atoms with Crippen molar-refractivity contribution in [2.75, 3.05) is 5.75 Å². The molecule has 1 aromatic heterocycles. The Balaban J connectivity index is 1.87. The summed E-state index contributed by atoms with van der Waals surface area (Å²) in [7, 11) is 0. The van der Waals surface area contributed by atoms with Gasteiger partial charge >= 0.3 is 0 Å². The van der Waals surface area contributed by atoms with E-state index in [1.54, 1.807) is 10.6 Å². The molecule has 0 spiro atoms. The maximum absolute atomic E-state index is 12.6. The predicted molar refractivity (Wildman–Crippen MR) is 88.2 cm³/mol. The summed E-state index contributed by atoms with van der Waals surface area (Å²) in [6, 6.07) is 7.70. The number of benzene rings is 1. The van der Waals surface area contributed by atoms with E-state index in [0.717, 1.165) is 19.3 Å². The largest absolute Gasteiger partial charge is 0.353 e. The summed E-state index contributed by atoms with van der Waals surface area (Å²) in [4.78, 5) is 29.0. The summed E-state index contributed by atoms with van der Waals surface area (Å²) in [5, 5.41) is 4.20. The second-order valence-corrected chi connectivity index (χ2v) is 6.44. The minimum atomic E-state index is -0.0300. The molecule has 0 atom stereocenters. The van der Waals surface area contributed by atoms with Gasteiger partial charge in [0.25, 0.3) is 5.56 Å². The van der Waals surface area contributed by atoms with Gasteiger partial charge in [-0.1, -0.05) is 30.8 Å². The van der Waals surface area contributed by atoms with E-state index < -0.39 is 0 Å². The molecule has 1 amide bonds. The fourth-order valence-corrected chi connectivity index (χ4v) is 3.14. The third kappa shape index (κ3) is 3.32. The average molecular weight is 317 g/mol. The molecule has 1 heterocycles. The van der Waals surface area contributed by atoms with Crippen LogP contribution in [0.3, 0.4) is 0 Å². The summed E-state index contributed by atoms with van der Waals surface area (Å²) in [5.74, 6) is 0.309. The average Bonchev–Trinajstić information content (AvgIpc) is 3.32. The highest BCUT2D eigenvalue weighted by molar-refractivity contribution is 7.99. The van der Waals surface area contributed by atoms with Gasteiger partial charge in [-0.2, -0.15) is 0 Å². The second kappa shape index (κ2) is 6.52. The van der Waals surface area contributed by atoms with Gasteiger partial charge in [0.15, 0.2) is 5.16 Å². The number of aromatic nitrogens is 2. The van der Waals surface area contributed by atoms with E-state index in [0.29, 0.717) is 34.4 Å². The first-order valence-electron chi connectivity index (χ1n) is 7.60. The SMILES string of the molecule is CCCn1c(SCC(=O)NC2CC2)nc2ccccc2c1=O. The molecule has 1 aromatic carbocycles. The molecule has 1 aliphatic carbocycles. The number of carbonyl (C=O) groups excluding carboxylic acids is 1. The lowest BCUT2D eigenvalue weighted by atomic mass is 10.2. The monoisotopic (exact) mass is 317 g/mol. The number of nitrogens with zero attached hydrogens (tertiary/aromatic N) is 2. The molecule has 5 nitrogen and oxygen atoms in total. The Hall–Kier alpha value is -1.82. The molecule has 1 fully saturated rings. The van der Waals surface area contributed by atoms with Crippen LogP contribution in [0.4, 0.5) is 0 Å². The van der Waals surface area contributed by atoms with Gasteiger partial charge in [-0.05, 0) is 31.4 Å². The van der Waals surface area contributed by atoms with Crippen LogP contribution in [0.1, 0.15) is 26.2 Å². The van der Waals surface area contributed by atoms with Crippen molar-refractivity contribution in [3.8, 4) is 0 Å². The smallest absolute Gasteiger partial charge is 0.262 e. The van der Waals surface area contributed by atoms with Crippen LogP contribution in [-0.2, 0) is 11.3 Å². The van der Waals surface area contributed by atoms with Crippen molar-refractivity contribution in [1.82, 2.24) is 14.9 Å². The standard InChI is InChI=1S/C16H19N3O2S/c1-2-9-19-15(21)12-5-3-4-6-13(12)18-16(19)22-10-14(20)17-11-7-8-11/h3-6,11H,2,7-10H2,1H3,(H,17,20). The Bertz CT molecular complexity index is 753. The van der Waals surface area contributed by atoms with Crippen LogP contribution in [0.15, 0.2) is 34.2 Å². The van der Waals surface area contributed by atoms with E-state index in [4.69, 9.17) is 0 Å². The molecule has 2 aromatic rings. The normalized spacial score (nSPS) is 14.2. The third-order valence-electron chi connectivity index (χ3n) is 3.55. The summed E-state index contributed by atoms with van der Waals surface area (Å²) in [6.45, 7) is 2.64. The van der Waals surface area contributed by atoms with Gasteiger partial charge in [-0.3, -0.25) is 14.2 Å². The van der Waals surface area contributed by atoms with E-state index in [1.807, 2.05) is 25.1 Å². The van der Waals surface area contributed by atoms with Crippen LogP contribution >= 0.6 is 11.8 Å². The fraction of sp³-hybridized carbons (Fsp3) is 0.438. The van der Waals surface area contributed by atoms with E-state index in [-0.39, 0.29) is 11.5 Å². The summed E-state index contributed by atoms with van der Waals surface area (Å²) in [5.41, 5.74) is 0.655. The quantitative estimate of drug-likeness (QED) is 0.655. The Kier molecular flexibility index (Phi) is 4.47. The van der Waals surface area contributed by atoms with Gasteiger partial charge < -0.3 is 5.32 Å². The molecule has 6 heteroatoms. The molecule has 1 saturated carbocycles. The molecule has 1 aliphatic rings. The number of hydrogen-bond donors (Lipinski definition) is 1. The zero-order chi connectivity index (χ0) is 15.5. The fourth-order valence-electron chi connectivity index (χ4n) is 2.31. The van der Waals surface area contributed by atoms with Crippen molar-refractivity contribution >= 4 is 28.6 Å². The highest BCUT2D eigenvalue weighted by Gasteiger charge is 2.23. The summed E-state index contributed by atoms with van der Waals surface area (Å²) >= 11 is 1.33. The molecule has 1 N–H and O–H groups in total. The van der Waals surface area contributed by atoms with Gasteiger partial charge in [-0.25, -0.2) is 4.98 Å². The number of carbonyl (C=O) groups is 1. The van der Waals surface area contributed by atoms with Crippen molar-refractivity contribution in [2.45, 2.75) is 43.9 Å². The van der Waals surface area contributed by atoms with Crippen molar-refractivity contribution in [3.05, 3.63) is 34.6 Å². The zero-order valence-corrected chi connectivity index (χ0v) is 13.4. The number of rotatable bonds is 6. The number of nitrogens with one attached hydrogen (secondary N) is 1. The Morgan fingerprint density at radius 3 is 2.91 bits per heavy atom. The first kappa shape index (κ1) is 15.1. The molecule has 0 bridgehead atoms. The number of hydrogen-bond acceptors (Lipinski definition) is 4.